The van der Waals surface area contributed by atoms with Crippen LogP contribution in [0, 0.1) is 5.92 Å². The molecule has 0 spiro atoms. The number of anilines is 2. The third-order valence-corrected chi connectivity index (χ3v) is 8.78. The van der Waals surface area contributed by atoms with Crippen LogP contribution in [-0.4, -0.2) is 72.0 Å². The van der Waals surface area contributed by atoms with Crippen molar-refractivity contribution in [1.82, 2.24) is 19.9 Å². The number of piperazine rings is 1. The van der Waals surface area contributed by atoms with Crippen LogP contribution < -0.4 is 15.0 Å². The summed E-state index contributed by atoms with van der Waals surface area (Å²) >= 11 is 2.00. The predicted octanol–water partition coefficient (Wildman–Crippen LogP) is 4.20. The molecule has 4 heterocycles. The number of aromatic nitrogens is 3. The summed E-state index contributed by atoms with van der Waals surface area (Å²) in [7, 11) is 3.91. The highest BCUT2D eigenvalue weighted by molar-refractivity contribution is 8.01. The lowest BCUT2D eigenvalue weighted by Crippen LogP contribution is -2.44. The SMILES string of the molecule is COc1ccccc1C1SC(CNc2cc(-c3ccc(N4CCN(C)CC4)nc3)ncn2)[C@H]1C. The number of nitrogens with zero attached hydrogens (tertiary/aromatic N) is 5. The van der Waals surface area contributed by atoms with Gasteiger partial charge in [0.05, 0.1) is 12.8 Å². The van der Waals surface area contributed by atoms with Gasteiger partial charge in [-0.25, -0.2) is 15.0 Å². The standard InChI is InChI=1S/C26H32N6OS/c1-18-23(34-26(18)20-6-4-5-7-22(20)33-3)16-27-24-14-21(29-17-30-24)19-8-9-25(28-15-19)32-12-10-31(2)11-13-32/h4-9,14-15,17-18,23,26H,10-13,16H2,1-3H3,(H,27,29,30)/t18-,23?,26?/m1/s1. The fourth-order valence-electron chi connectivity index (χ4n) is 4.61. The van der Waals surface area contributed by atoms with Crippen molar-refractivity contribution in [2.75, 3.05) is 57.1 Å². The second kappa shape index (κ2) is 10.2. The van der Waals surface area contributed by atoms with Crippen LogP contribution in [0.4, 0.5) is 11.6 Å². The van der Waals surface area contributed by atoms with E-state index in [0.29, 0.717) is 16.4 Å². The van der Waals surface area contributed by atoms with E-state index < -0.39 is 0 Å². The molecule has 0 bridgehead atoms. The lowest BCUT2D eigenvalue weighted by Gasteiger charge is -2.43. The summed E-state index contributed by atoms with van der Waals surface area (Å²) < 4.78 is 5.56. The van der Waals surface area contributed by atoms with Gasteiger partial charge in [0.2, 0.25) is 0 Å². The molecule has 2 saturated heterocycles. The van der Waals surface area contributed by atoms with Crippen LogP contribution in [0.2, 0.25) is 0 Å². The quantitative estimate of drug-likeness (QED) is 0.544. The molecule has 0 aliphatic carbocycles. The second-order valence-electron chi connectivity index (χ2n) is 9.06. The summed E-state index contributed by atoms with van der Waals surface area (Å²) in [4.78, 5) is 18.3. The largest absolute Gasteiger partial charge is 0.496 e. The number of ether oxygens (including phenoxy) is 1. The molecule has 8 heteroatoms. The van der Waals surface area contributed by atoms with Crippen LogP contribution in [0.3, 0.4) is 0 Å². The first-order valence-electron chi connectivity index (χ1n) is 11.9. The molecule has 2 fully saturated rings. The van der Waals surface area contributed by atoms with Gasteiger partial charge < -0.3 is 19.9 Å². The Morgan fingerprint density at radius 1 is 1.06 bits per heavy atom. The van der Waals surface area contributed by atoms with Crippen molar-refractivity contribution in [2.24, 2.45) is 5.92 Å². The first-order chi connectivity index (χ1) is 16.6. The van der Waals surface area contributed by atoms with E-state index in [0.717, 1.165) is 61.4 Å². The number of benzene rings is 1. The van der Waals surface area contributed by atoms with E-state index in [1.165, 1.54) is 5.56 Å². The third-order valence-electron chi connectivity index (χ3n) is 6.85. The maximum Gasteiger partial charge on any atom is 0.129 e. The van der Waals surface area contributed by atoms with E-state index in [-0.39, 0.29) is 0 Å². The Morgan fingerprint density at radius 3 is 2.62 bits per heavy atom. The van der Waals surface area contributed by atoms with Crippen LogP contribution in [0.25, 0.3) is 11.3 Å². The van der Waals surface area contributed by atoms with Crippen LogP contribution >= 0.6 is 11.8 Å². The molecule has 5 rings (SSSR count). The summed E-state index contributed by atoms with van der Waals surface area (Å²) in [6.07, 6.45) is 3.54. The highest BCUT2D eigenvalue weighted by Crippen LogP contribution is 2.54. The molecular weight excluding hydrogens is 444 g/mol. The van der Waals surface area contributed by atoms with Gasteiger partial charge in [-0.05, 0) is 31.2 Å². The zero-order valence-electron chi connectivity index (χ0n) is 20.0. The van der Waals surface area contributed by atoms with Gasteiger partial charge in [0, 0.05) is 66.6 Å². The molecule has 2 aliphatic heterocycles. The number of para-hydroxylation sites is 1. The molecule has 2 unspecified atom stereocenters. The van der Waals surface area contributed by atoms with Crippen molar-refractivity contribution in [2.45, 2.75) is 17.4 Å². The van der Waals surface area contributed by atoms with E-state index in [1.807, 2.05) is 36.2 Å². The van der Waals surface area contributed by atoms with Crippen molar-refractivity contribution in [3.05, 3.63) is 60.6 Å². The fourth-order valence-corrected chi connectivity index (χ4v) is 6.08. The van der Waals surface area contributed by atoms with Crippen molar-refractivity contribution in [3.63, 3.8) is 0 Å². The van der Waals surface area contributed by atoms with Gasteiger partial charge in [0.15, 0.2) is 0 Å². The Hall–Kier alpha value is -2.84. The summed E-state index contributed by atoms with van der Waals surface area (Å²) in [6, 6.07) is 14.6. The number of pyridine rings is 1. The average molecular weight is 477 g/mol. The van der Waals surface area contributed by atoms with Crippen LogP contribution in [0.5, 0.6) is 5.75 Å². The van der Waals surface area contributed by atoms with Crippen molar-refractivity contribution < 1.29 is 4.74 Å². The van der Waals surface area contributed by atoms with Crippen LogP contribution in [0.1, 0.15) is 17.7 Å². The zero-order valence-corrected chi connectivity index (χ0v) is 20.8. The smallest absolute Gasteiger partial charge is 0.129 e. The summed E-state index contributed by atoms with van der Waals surface area (Å²) in [5.41, 5.74) is 3.18. The number of methoxy groups -OCH3 is 1. The van der Waals surface area contributed by atoms with Gasteiger partial charge in [-0.3, -0.25) is 0 Å². The Kier molecular flexibility index (Phi) is 6.87. The van der Waals surface area contributed by atoms with Gasteiger partial charge in [-0.2, -0.15) is 0 Å². The first-order valence-corrected chi connectivity index (χ1v) is 12.8. The van der Waals surface area contributed by atoms with Gasteiger partial charge in [-0.15, -0.1) is 11.8 Å². The minimum absolute atomic E-state index is 0.466. The van der Waals surface area contributed by atoms with E-state index in [4.69, 9.17) is 9.72 Å². The first kappa shape index (κ1) is 22.9. The van der Waals surface area contributed by atoms with Gasteiger partial charge in [0.25, 0.3) is 0 Å². The molecule has 0 amide bonds. The molecule has 7 nitrogen and oxygen atoms in total. The monoisotopic (exact) mass is 476 g/mol. The minimum Gasteiger partial charge on any atom is -0.496 e. The van der Waals surface area contributed by atoms with Crippen molar-refractivity contribution >= 4 is 23.4 Å². The number of nitrogens with one attached hydrogen (secondary N) is 1. The number of thioether (sulfide) groups is 1. The molecule has 3 aromatic rings. The highest BCUT2D eigenvalue weighted by atomic mass is 32.2. The van der Waals surface area contributed by atoms with Gasteiger partial charge >= 0.3 is 0 Å². The van der Waals surface area contributed by atoms with Gasteiger partial charge in [0.1, 0.15) is 23.7 Å². The number of likely N-dealkylation sites (N-methyl/N-ethyl adjacent to an activating group) is 1. The summed E-state index contributed by atoms with van der Waals surface area (Å²) in [5, 5.41) is 4.51. The maximum atomic E-state index is 5.56. The number of rotatable bonds is 7. The molecule has 0 radical (unpaired) electrons. The van der Waals surface area contributed by atoms with Crippen molar-refractivity contribution in [1.29, 1.82) is 0 Å². The second-order valence-corrected chi connectivity index (χ2v) is 10.4. The normalized spacial score (nSPS) is 22.8. The number of hydrogen-bond acceptors (Lipinski definition) is 8. The molecule has 0 saturated carbocycles. The van der Waals surface area contributed by atoms with E-state index >= 15 is 0 Å². The third kappa shape index (κ3) is 4.83. The Morgan fingerprint density at radius 2 is 1.88 bits per heavy atom. The molecule has 2 aromatic heterocycles. The minimum atomic E-state index is 0.466. The topological polar surface area (TPSA) is 66.4 Å². The maximum absolute atomic E-state index is 5.56. The summed E-state index contributed by atoms with van der Waals surface area (Å²) in [5.74, 6) is 3.42. The van der Waals surface area contributed by atoms with Crippen LogP contribution in [0.15, 0.2) is 55.0 Å². The Balaban J connectivity index is 1.18. The average Bonchev–Trinajstić information content (AvgIpc) is 2.89. The molecule has 1 N–H and O–H groups in total. The molecular formula is C26H32N6OS. The van der Waals surface area contributed by atoms with E-state index in [1.54, 1.807) is 13.4 Å². The van der Waals surface area contributed by atoms with Crippen LogP contribution in [-0.2, 0) is 0 Å². The van der Waals surface area contributed by atoms with E-state index in [9.17, 15) is 0 Å². The molecule has 3 atom stereocenters. The zero-order chi connectivity index (χ0) is 23.5. The molecule has 178 valence electrons. The lowest BCUT2D eigenvalue weighted by molar-refractivity contribution is 0.312. The highest BCUT2D eigenvalue weighted by Gasteiger charge is 2.40. The molecule has 2 aliphatic rings. The number of hydrogen-bond donors (Lipinski definition) is 1. The fraction of sp³-hybridized carbons (Fsp3) is 0.423. The molecule has 1 aromatic carbocycles. The molecule has 34 heavy (non-hydrogen) atoms. The van der Waals surface area contributed by atoms with E-state index in [2.05, 4.69) is 63.3 Å². The predicted molar refractivity (Wildman–Crippen MR) is 140 cm³/mol. The van der Waals surface area contributed by atoms with Gasteiger partial charge in [-0.1, -0.05) is 25.1 Å². The Labute approximate surface area is 206 Å². The summed E-state index contributed by atoms with van der Waals surface area (Å²) in [6.45, 7) is 7.36. The lowest BCUT2D eigenvalue weighted by atomic mass is 9.94. The Bertz CT molecular complexity index is 1100. The van der Waals surface area contributed by atoms with Crippen molar-refractivity contribution in [3.8, 4) is 17.0 Å².